The van der Waals surface area contributed by atoms with Gasteiger partial charge in [0, 0.05) is 5.66 Å². The van der Waals surface area contributed by atoms with Gasteiger partial charge in [-0.25, -0.2) is 0 Å². The van der Waals surface area contributed by atoms with Crippen molar-refractivity contribution in [1.29, 1.82) is 0 Å². The topological polar surface area (TPSA) is 0 Å². The minimum atomic E-state index is -0.799. The highest BCUT2D eigenvalue weighted by Crippen LogP contribution is 2.55. The monoisotopic (exact) mass is 232 g/mol. The lowest BCUT2D eigenvalue weighted by Gasteiger charge is -2.24. The molecule has 0 nitrogen and oxygen atoms in total. The van der Waals surface area contributed by atoms with Crippen LogP contribution in [0.1, 0.15) is 17.5 Å². The third kappa shape index (κ3) is 2.18. The van der Waals surface area contributed by atoms with Gasteiger partial charge in [0.15, 0.2) is 0 Å². The fraction of sp³-hybridized carbons (Fsp3) is 0.400. The summed E-state index contributed by atoms with van der Waals surface area (Å²) >= 11 is 11.9. The molecule has 0 amide bonds. The van der Waals surface area contributed by atoms with Crippen LogP contribution < -0.4 is 0 Å². The maximum atomic E-state index is 5.95. The highest BCUT2D eigenvalue weighted by atomic mass is 35.9. The molecule has 0 saturated carbocycles. The highest BCUT2D eigenvalue weighted by molar-refractivity contribution is 8.04. The molecule has 0 fully saturated rings. The molecule has 3 heteroatoms. The van der Waals surface area contributed by atoms with E-state index in [4.69, 9.17) is 22.5 Å². The Balaban J connectivity index is 2.20. The third-order valence-electron chi connectivity index (χ3n) is 2.60. The van der Waals surface area contributed by atoms with Crippen LogP contribution in [0.15, 0.2) is 24.3 Å². The molecule has 0 heterocycles. The number of halogens is 2. The lowest BCUT2D eigenvalue weighted by atomic mass is 9.91. The van der Waals surface area contributed by atoms with Gasteiger partial charge in [0.2, 0.25) is 0 Å². The molecule has 13 heavy (non-hydrogen) atoms. The van der Waals surface area contributed by atoms with Crippen LogP contribution in [0.2, 0.25) is 0 Å². The first-order chi connectivity index (χ1) is 6.27. The molecule has 1 unspecified atom stereocenters. The molecule has 0 saturated heterocycles. The second kappa shape index (κ2) is 4.17. The summed E-state index contributed by atoms with van der Waals surface area (Å²) in [5.41, 5.74) is 3.42. The van der Waals surface area contributed by atoms with Crippen molar-refractivity contribution in [2.75, 3.05) is 0 Å². The maximum absolute atomic E-state index is 5.95. The van der Waals surface area contributed by atoms with E-state index in [1.807, 2.05) is 0 Å². The Kier molecular flexibility index (Phi) is 3.14. The molecule has 70 valence electrons. The molecule has 2 rings (SSSR count). The zero-order valence-electron chi connectivity index (χ0n) is 7.21. The summed E-state index contributed by atoms with van der Waals surface area (Å²) in [5.74, 6) is 0. The summed E-state index contributed by atoms with van der Waals surface area (Å²) in [6.45, 7) is -0.799. The van der Waals surface area contributed by atoms with Crippen molar-refractivity contribution in [1.82, 2.24) is 0 Å². The SMILES string of the molecule is ClP(Cl)C1CCc2ccccc2C1. The van der Waals surface area contributed by atoms with Crippen LogP contribution in [0.3, 0.4) is 0 Å². The normalized spacial score (nSPS) is 21.6. The van der Waals surface area contributed by atoms with Crippen LogP contribution in [-0.2, 0) is 12.8 Å². The van der Waals surface area contributed by atoms with Gasteiger partial charge in [-0.15, -0.1) is 0 Å². The van der Waals surface area contributed by atoms with Crippen molar-refractivity contribution in [3.05, 3.63) is 35.4 Å². The molecule has 1 aliphatic carbocycles. The number of hydrogen-bond acceptors (Lipinski definition) is 0. The second-order valence-electron chi connectivity index (χ2n) is 3.42. The van der Waals surface area contributed by atoms with E-state index < -0.39 is 6.63 Å². The first kappa shape index (κ1) is 9.77. The Bertz CT molecular complexity index is 299. The van der Waals surface area contributed by atoms with Crippen LogP contribution in [0.5, 0.6) is 0 Å². The van der Waals surface area contributed by atoms with Gasteiger partial charge in [0.05, 0.1) is 6.63 Å². The predicted octanol–water partition coefficient (Wildman–Crippen LogP) is 4.33. The Labute approximate surface area is 89.6 Å². The van der Waals surface area contributed by atoms with Crippen molar-refractivity contribution in [3.63, 3.8) is 0 Å². The van der Waals surface area contributed by atoms with Crippen LogP contribution in [0.4, 0.5) is 0 Å². The lowest BCUT2D eigenvalue weighted by molar-refractivity contribution is 0.700. The van der Waals surface area contributed by atoms with Crippen molar-refractivity contribution >= 4 is 29.1 Å². The summed E-state index contributed by atoms with van der Waals surface area (Å²) in [5, 5.41) is 0. The summed E-state index contributed by atoms with van der Waals surface area (Å²) in [7, 11) is 0. The van der Waals surface area contributed by atoms with Gasteiger partial charge in [-0.05, 0) is 30.4 Å². The standard InChI is InChI=1S/C10H11Cl2P/c11-13(12)10-6-5-8-3-1-2-4-9(8)7-10/h1-4,10H,5-7H2. The minimum Gasteiger partial charge on any atom is -0.0778 e. The molecular weight excluding hydrogens is 222 g/mol. The van der Waals surface area contributed by atoms with E-state index >= 15 is 0 Å². The van der Waals surface area contributed by atoms with Crippen molar-refractivity contribution in [2.24, 2.45) is 0 Å². The van der Waals surface area contributed by atoms with E-state index in [9.17, 15) is 0 Å². The summed E-state index contributed by atoms with van der Waals surface area (Å²) in [4.78, 5) is 0. The second-order valence-corrected chi connectivity index (χ2v) is 7.38. The number of aryl methyl sites for hydroxylation is 1. The zero-order valence-corrected chi connectivity index (χ0v) is 9.62. The average molecular weight is 233 g/mol. The fourth-order valence-corrected chi connectivity index (χ4v) is 3.50. The van der Waals surface area contributed by atoms with Crippen molar-refractivity contribution < 1.29 is 0 Å². The maximum Gasteiger partial charge on any atom is 0.0889 e. The van der Waals surface area contributed by atoms with E-state index in [1.54, 1.807) is 0 Å². The first-order valence-corrected chi connectivity index (χ1v) is 7.67. The van der Waals surface area contributed by atoms with E-state index in [-0.39, 0.29) is 0 Å². The molecule has 0 aliphatic heterocycles. The number of fused-ring (bicyclic) bond motifs is 1. The van der Waals surface area contributed by atoms with Crippen LogP contribution >= 0.6 is 29.1 Å². The quantitative estimate of drug-likeness (QED) is 0.633. The van der Waals surface area contributed by atoms with E-state index in [0.29, 0.717) is 5.66 Å². The number of hydrogen-bond donors (Lipinski definition) is 0. The lowest BCUT2D eigenvalue weighted by Crippen LogP contribution is -2.15. The number of benzene rings is 1. The minimum absolute atomic E-state index is 0.508. The predicted molar refractivity (Wildman–Crippen MR) is 60.9 cm³/mol. The Morgan fingerprint density at radius 2 is 1.85 bits per heavy atom. The summed E-state index contributed by atoms with van der Waals surface area (Å²) in [6.07, 6.45) is 3.35. The van der Waals surface area contributed by atoms with Crippen LogP contribution in [0, 0.1) is 0 Å². The summed E-state index contributed by atoms with van der Waals surface area (Å²) in [6, 6.07) is 8.58. The van der Waals surface area contributed by atoms with E-state index in [1.165, 1.54) is 11.1 Å². The smallest absolute Gasteiger partial charge is 0.0778 e. The molecule has 0 N–H and O–H groups in total. The van der Waals surface area contributed by atoms with Crippen LogP contribution in [0.25, 0.3) is 0 Å². The molecule has 1 aromatic carbocycles. The molecule has 0 aromatic heterocycles. The molecule has 0 spiro atoms. The summed E-state index contributed by atoms with van der Waals surface area (Å²) < 4.78 is 0. The highest BCUT2D eigenvalue weighted by Gasteiger charge is 2.23. The largest absolute Gasteiger partial charge is 0.0889 e. The first-order valence-electron chi connectivity index (χ1n) is 4.45. The molecule has 1 atom stereocenters. The molecule has 1 aliphatic rings. The van der Waals surface area contributed by atoms with Crippen LogP contribution in [-0.4, -0.2) is 5.66 Å². The Morgan fingerprint density at radius 1 is 1.15 bits per heavy atom. The Hall–Kier alpha value is 0.230. The zero-order chi connectivity index (χ0) is 9.26. The van der Waals surface area contributed by atoms with Gasteiger partial charge in [0.1, 0.15) is 0 Å². The molecular formula is C10H11Cl2P. The van der Waals surface area contributed by atoms with E-state index in [0.717, 1.165) is 19.3 Å². The van der Waals surface area contributed by atoms with Crippen molar-refractivity contribution in [3.8, 4) is 0 Å². The van der Waals surface area contributed by atoms with Gasteiger partial charge >= 0.3 is 0 Å². The van der Waals surface area contributed by atoms with Crippen molar-refractivity contribution in [2.45, 2.75) is 24.9 Å². The Morgan fingerprint density at radius 3 is 2.54 bits per heavy atom. The molecule has 1 aromatic rings. The number of rotatable bonds is 1. The van der Waals surface area contributed by atoms with Gasteiger partial charge in [0.25, 0.3) is 0 Å². The third-order valence-corrected chi connectivity index (χ3v) is 5.25. The van der Waals surface area contributed by atoms with E-state index in [2.05, 4.69) is 24.3 Å². The molecule has 0 bridgehead atoms. The van der Waals surface area contributed by atoms with Gasteiger partial charge in [-0.3, -0.25) is 0 Å². The van der Waals surface area contributed by atoms with Gasteiger partial charge < -0.3 is 0 Å². The molecule has 0 radical (unpaired) electrons. The van der Waals surface area contributed by atoms with Gasteiger partial charge in [-0.1, -0.05) is 46.7 Å². The average Bonchev–Trinajstić information content (AvgIpc) is 2.17. The fourth-order valence-electron chi connectivity index (χ4n) is 1.85. The van der Waals surface area contributed by atoms with Gasteiger partial charge in [-0.2, -0.15) is 0 Å².